The lowest BCUT2D eigenvalue weighted by atomic mass is 10.1. The second-order valence-corrected chi connectivity index (χ2v) is 8.19. The van der Waals surface area contributed by atoms with Gasteiger partial charge in [0.15, 0.2) is 5.82 Å². The second kappa shape index (κ2) is 8.69. The fraction of sp³-hybridized carbons (Fsp3) is 0.130. The van der Waals surface area contributed by atoms with Crippen molar-refractivity contribution in [2.24, 2.45) is 0 Å². The molecule has 0 amide bonds. The van der Waals surface area contributed by atoms with Crippen molar-refractivity contribution in [2.75, 3.05) is 5.73 Å². The fourth-order valence-electron chi connectivity index (χ4n) is 3.02. The van der Waals surface area contributed by atoms with Crippen molar-refractivity contribution >= 4 is 17.6 Å². The van der Waals surface area contributed by atoms with Crippen LogP contribution < -0.4 is 11.3 Å². The normalized spacial score (nSPS) is 11.1. The Bertz CT molecular complexity index is 1270. The van der Waals surface area contributed by atoms with Crippen LogP contribution in [0.2, 0.25) is 0 Å². The molecule has 0 aliphatic carbocycles. The average molecular weight is 434 g/mol. The second-order valence-electron chi connectivity index (χ2n) is 7.13. The van der Waals surface area contributed by atoms with E-state index < -0.39 is 0 Å². The van der Waals surface area contributed by atoms with E-state index in [1.165, 1.54) is 34.6 Å². The van der Waals surface area contributed by atoms with Gasteiger partial charge in [0.25, 0.3) is 5.56 Å². The summed E-state index contributed by atoms with van der Waals surface area (Å²) < 4.78 is 14.7. The van der Waals surface area contributed by atoms with Crippen molar-refractivity contribution in [3.8, 4) is 22.6 Å². The van der Waals surface area contributed by atoms with Gasteiger partial charge in [-0.1, -0.05) is 42.1 Å². The van der Waals surface area contributed by atoms with Gasteiger partial charge in [-0.25, -0.2) is 19.0 Å². The molecule has 0 aliphatic rings. The van der Waals surface area contributed by atoms with Gasteiger partial charge in [-0.3, -0.25) is 4.79 Å². The first kappa shape index (κ1) is 20.7. The van der Waals surface area contributed by atoms with Crippen molar-refractivity contribution in [1.29, 1.82) is 0 Å². The molecule has 0 fully saturated rings. The molecule has 2 aromatic carbocycles. The summed E-state index contributed by atoms with van der Waals surface area (Å²) in [5.74, 6) is -0.0576. The molecule has 31 heavy (non-hydrogen) atoms. The van der Waals surface area contributed by atoms with E-state index in [1.54, 1.807) is 18.2 Å². The molecule has 0 saturated heterocycles. The molecule has 4 rings (SSSR count). The highest BCUT2D eigenvalue weighted by molar-refractivity contribution is 7.99. The quantitative estimate of drug-likeness (QED) is 0.486. The summed E-state index contributed by atoms with van der Waals surface area (Å²) in [6.45, 7) is 3.78. The summed E-state index contributed by atoms with van der Waals surface area (Å²) in [6, 6.07) is 18.6. The molecule has 4 aromatic rings. The number of nitrogens with zero attached hydrogens (tertiary/aromatic N) is 4. The van der Waals surface area contributed by atoms with Gasteiger partial charge in [0.2, 0.25) is 0 Å². The first-order valence-corrected chi connectivity index (χ1v) is 10.5. The standard InChI is InChI=1S/C23H20FN5OS/c1-14(2)29-19(30)13-12-18(28-29)21-20(15-6-4-3-5-7-15)26-22(25)23(27-21)31-17-10-8-16(24)9-11-17/h3-14H,1-2H3,(H2,25,26). The number of nitrogen functional groups attached to an aromatic ring is 1. The predicted molar refractivity (Wildman–Crippen MR) is 120 cm³/mol. The third-order valence-corrected chi connectivity index (χ3v) is 5.52. The molecule has 156 valence electrons. The number of aromatic nitrogens is 4. The van der Waals surface area contributed by atoms with Gasteiger partial charge < -0.3 is 5.73 Å². The number of anilines is 1. The Morgan fingerprint density at radius 2 is 1.65 bits per heavy atom. The van der Waals surface area contributed by atoms with Gasteiger partial charge in [-0.15, -0.1) is 0 Å². The molecule has 2 aromatic heterocycles. The van der Waals surface area contributed by atoms with E-state index >= 15 is 0 Å². The molecule has 0 bridgehead atoms. The summed E-state index contributed by atoms with van der Waals surface area (Å²) in [5.41, 5.74) is 8.48. The summed E-state index contributed by atoms with van der Waals surface area (Å²) >= 11 is 1.29. The van der Waals surface area contributed by atoms with Crippen LogP contribution in [-0.2, 0) is 0 Å². The lowest BCUT2D eigenvalue weighted by Gasteiger charge is -2.14. The maximum atomic E-state index is 13.3. The largest absolute Gasteiger partial charge is 0.381 e. The molecule has 0 radical (unpaired) electrons. The van der Waals surface area contributed by atoms with Crippen LogP contribution in [0.3, 0.4) is 0 Å². The number of nitrogens with two attached hydrogens (primary N) is 1. The van der Waals surface area contributed by atoms with E-state index in [9.17, 15) is 9.18 Å². The van der Waals surface area contributed by atoms with Gasteiger partial charge in [-0.2, -0.15) is 5.10 Å². The van der Waals surface area contributed by atoms with Gasteiger partial charge in [0.05, 0.1) is 6.04 Å². The number of hydrogen-bond donors (Lipinski definition) is 1. The van der Waals surface area contributed by atoms with Gasteiger partial charge >= 0.3 is 0 Å². The van der Waals surface area contributed by atoms with Crippen LogP contribution in [0.5, 0.6) is 0 Å². The van der Waals surface area contributed by atoms with Crippen LogP contribution in [0.1, 0.15) is 19.9 Å². The van der Waals surface area contributed by atoms with Crippen LogP contribution in [0.4, 0.5) is 10.2 Å². The zero-order chi connectivity index (χ0) is 22.0. The minimum Gasteiger partial charge on any atom is -0.381 e. The van der Waals surface area contributed by atoms with Gasteiger partial charge in [0.1, 0.15) is 27.9 Å². The molecular formula is C23H20FN5OS. The van der Waals surface area contributed by atoms with Crippen molar-refractivity contribution in [3.63, 3.8) is 0 Å². The number of rotatable bonds is 5. The van der Waals surface area contributed by atoms with Crippen LogP contribution in [0, 0.1) is 5.82 Å². The summed E-state index contributed by atoms with van der Waals surface area (Å²) in [4.78, 5) is 22.4. The molecule has 0 aliphatic heterocycles. The monoisotopic (exact) mass is 433 g/mol. The predicted octanol–water partition coefficient (Wildman–Crippen LogP) is 4.82. The zero-order valence-corrected chi connectivity index (χ0v) is 17.8. The Hall–Kier alpha value is -3.52. The van der Waals surface area contributed by atoms with E-state index in [0.717, 1.165) is 10.5 Å². The van der Waals surface area contributed by atoms with E-state index in [4.69, 9.17) is 10.7 Å². The van der Waals surface area contributed by atoms with E-state index in [-0.39, 0.29) is 23.2 Å². The molecule has 8 heteroatoms. The maximum Gasteiger partial charge on any atom is 0.267 e. The third kappa shape index (κ3) is 4.49. The van der Waals surface area contributed by atoms with Gasteiger partial charge in [0, 0.05) is 16.5 Å². The molecule has 0 saturated carbocycles. The minimum absolute atomic E-state index is 0.109. The smallest absolute Gasteiger partial charge is 0.267 e. The number of hydrogen-bond acceptors (Lipinski definition) is 6. The Labute approximate surface area is 183 Å². The molecule has 0 unspecified atom stereocenters. The molecule has 6 nitrogen and oxygen atoms in total. The minimum atomic E-state index is -0.316. The highest BCUT2D eigenvalue weighted by atomic mass is 32.2. The lowest BCUT2D eigenvalue weighted by molar-refractivity contribution is 0.504. The van der Waals surface area contributed by atoms with Crippen molar-refractivity contribution in [2.45, 2.75) is 29.8 Å². The Kier molecular flexibility index (Phi) is 5.81. The molecule has 2 N–H and O–H groups in total. The Morgan fingerprint density at radius 1 is 0.935 bits per heavy atom. The topological polar surface area (TPSA) is 86.7 Å². The summed E-state index contributed by atoms with van der Waals surface area (Å²) in [5, 5.41) is 5.00. The van der Waals surface area contributed by atoms with E-state index in [2.05, 4.69) is 10.1 Å². The van der Waals surface area contributed by atoms with E-state index in [1.807, 2.05) is 44.2 Å². The molecule has 2 heterocycles. The lowest BCUT2D eigenvalue weighted by Crippen LogP contribution is -2.24. The highest BCUT2D eigenvalue weighted by Gasteiger charge is 2.18. The summed E-state index contributed by atoms with van der Waals surface area (Å²) in [7, 11) is 0. The molecule has 0 spiro atoms. The van der Waals surface area contributed by atoms with Crippen LogP contribution >= 0.6 is 11.8 Å². The van der Waals surface area contributed by atoms with Crippen LogP contribution in [0.15, 0.2) is 81.4 Å². The van der Waals surface area contributed by atoms with Crippen molar-refractivity contribution < 1.29 is 4.39 Å². The van der Waals surface area contributed by atoms with Gasteiger partial charge in [-0.05, 0) is 44.2 Å². The molecule has 0 atom stereocenters. The Balaban J connectivity index is 1.89. The van der Waals surface area contributed by atoms with E-state index in [0.29, 0.717) is 22.1 Å². The number of benzene rings is 2. The maximum absolute atomic E-state index is 13.3. The first-order chi connectivity index (χ1) is 14.9. The summed E-state index contributed by atoms with van der Waals surface area (Å²) in [6.07, 6.45) is 0. The average Bonchev–Trinajstić information content (AvgIpc) is 2.77. The molecular weight excluding hydrogens is 413 g/mol. The fourth-order valence-corrected chi connectivity index (χ4v) is 3.80. The van der Waals surface area contributed by atoms with Crippen LogP contribution in [-0.4, -0.2) is 19.7 Å². The first-order valence-electron chi connectivity index (χ1n) is 9.69. The van der Waals surface area contributed by atoms with Crippen molar-refractivity contribution in [1.82, 2.24) is 19.7 Å². The van der Waals surface area contributed by atoms with Crippen LogP contribution in [0.25, 0.3) is 22.6 Å². The zero-order valence-electron chi connectivity index (χ0n) is 17.0. The highest BCUT2D eigenvalue weighted by Crippen LogP contribution is 2.35. The SMILES string of the molecule is CC(C)n1nc(-c2nc(Sc3ccc(F)cc3)c(N)nc2-c2ccccc2)ccc1=O. The van der Waals surface area contributed by atoms with Crippen molar-refractivity contribution in [3.05, 3.63) is 82.9 Å². The Morgan fingerprint density at radius 3 is 2.32 bits per heavy atom. The number of halogens is 1. The third-order valence-electron chi connectivity index (χ3n) is 4.52.